The SMILES string of the molecule is Cc1oc2cc(O[C@H](C)C(=O)NCc3cccs3)ccc2c(=O)c1Oc1ccccc1. The van der Waals surface area contributed by atoms with Gasteiger partial charge in [-0.1, -0.05) is 24.3 Å². The molecule has 1 atom stereocenters. The third-order valence-corrected chi connectivity index (χ3v) is 5.53. The topological polar surface area (TPSA) is 77.8 Å². The molecule has 31 heavy (non-hydrogen) atoms. The first-order chi connectivity index (χ1) is 15.0. The van der Waals surface area contributed by atoms with E-state index in [4.69, 9.17) is 13.9 Å². The van der Waals surface area contributed by atoms with Crippen molar-refractivity contribution in [2.45, 2.75) is 26.5 Å². The van der Waals surface area contributed by atoms with Crippen LogP contribution in [0.25, 0.3) is 11.0 Å². The van der Waals surface area contributed by atoms with Crippen LogP contribution in [0.5, 0.6) is 17.2 Å². The summed E-state index contributed by atoms with van der Waals surface area (Å²) in [6, 6.07) is 17.8. The highest BCUT2D eigenvalue weighted by Crippen LogP contribution is 2.27. The zero-order valence-corrected chi connectivity index (χ0v) is 17.9. The number of benzene rings is 2. The second kappa shape index (κ2) is 9.06. The van der Waals surface area contributed by atoms with Crippen LogP contribution in [-0.2, 0) is 11.3 Å². The van der Waals surface area contributed by atoms with Crippen molar-refractivity contribution in [1.82, 2.24) is 5.32 Å². The Bertz CT molecular complexity index is 1250. The number of nitrogens with one attached hydrogen (secondary N) is 1. The number of aryl methyl sites for hydroxylation is 1. The number of amides is 1. The molecule has 4 aromatic rings. The van der Waals surface area contributed by atoms with Crippen molar-refractivity contribution in [3.05, 3.63) is 86.9 Å². The Morgan fingerprint density at radius 1 is 1.10 bits per heavy atom. The highest BCUT2D eigenvalue weighted by atomic mass is 32.1. The lowest BCUT2D eigenvalue weighted by molar-refractivity contribution is -0.127. The van der Waals surface area contributed by atoms with Gasteiger partial charge in [-0.2, -0.15) is 0 Å². The van der Waals surface area contributed by atoms with Gasteiger partial charge >= 0.3 is 0 Å². The summed E-state index contributed by atoms with van der Waals surface area (Å²) in [4.78, 5) is 26.3. The minimum Gasteiger partial charge on any atom is -0.481 e. The summed E-state index contributed by atoms with van der Waals surface area (Å²) in [5, 5.41) is 5.18. The normalized spacial score (nSPS) is 11.8. The van der Waals surface area contributed by atoms with Crippen molar-refractivity contribution in [1.29, 1.82) is 0 Å². The molecular weight excluding hydrogens is 414 g/mol. The molecule has 0 aliphatic heterocycles. The van der Waals surface area contributed by atoms with Crippen LogP contribution in [0.3, 0.4) is 0 Å². The molecule has 1 N–H and O–H groups in total. The second-order valence-corrected chi connectivity index (χ2v) is 7.98. The van der Waals surface area contributed by atoms with E-state index < -0.39 is 6.10 Å². The first-order valence-corrected chi connectivity index (χ1v) is 10.7. The number of rotatable bonds is 7. The largest absolute Gasteiger partial charge is 0.481 e. The van der Waals surface area contributed by atoms with Crippen LogP contribution < -0.4 is 20.2 Å². The second-order valence-electron chi connectivity index (χ2n) is 6.95. The van der Waals surface area contributed by atoms with Gasteiger partial charge in [0, 0.05) is 10.9 Å². The van der Waals surface area contributed by atoms with Crippen LogP contribution >= 0.6 is 11.3 Å². The van der Waals surface area contributed by atoms with Gasteiger partial charge in [-0.3, -0.25) is 9.59 Å². The fourth-order valence-electron chi connectivity index (χ4n) is 3.05. The molecule has 158 valence electrons. The Morgan fingerprint density at radius 2 is 1.90 bits per heavy atom. The zero-order valence-electron chi connectivity index (χ0n) is 17.1. The molecular formula is C24H21NO5S. The molecule has 0 unspecified atom stereocenters. The molecule has 7 heteroatoms. The lowest BCUT2D eigenvalue weighted by Gasteiger charge is -2.15. The molecule has 0 radical (unpaired) electrons. The summed E-state index contributed by atoms with van der Waals surface area (Å²) in [7, 11) is 0. The fraction of sp³-hybridized carbons (Fsp3) is 0.167. The van der Waals surface area contributed by atoms with Gasteiger partial charge in [-0.25, -0.2) is 0 Å². The Labute approximate surface area is 183 Å². The molecule has 0 fully saturated rings. The smallest absolute Gasteiger partial charge is 0.261 e. The van der Waals surface area contributed by atoms with E-state index >= 15 is 0 Å². The van der Waals surface area contributed by atoms with Crippen LogP contribution in [0, 0.1) is 6.92 Å². The van der Waals surface area contributed by atoms with E-state index in [9.17, 15) is 9.59 Å². The number of para-hydroxylation sites is 1. The third-order valence-electron chi connectivity index (χ3n) is 4.65. The van der Waals surface area contributed by atoms with Gasteiger partial charge in [0.25, 0.3) is 5.91 Å². The maximum Gasteiger partial charge on any atom is 0.261 e. The van der Waals surface area contributed by atoms with Crippen LogP contribution in [0.15, 0.2) is 75.3 Å². The van der Waals surface area contributed by atoms with Crippen LogP contribution in [-0.4, -0.2) is 12.0 Å². The van der Waals surface area contributed by atoms with Crippen molar-refractivity contribution in [2.75, 3.05) is 0 Å². The van der Waals surface area contributed by atoms with E-state index in [1.807, 2.05) is 35.7 Å². The molecule has 4 rings (SSSR count). The summed E-state index contributed by atoms with van der Waals surface area (Å²) in [6.45, 7) is 3.81. The van der Waals surface area contributed by atoms with E-state index in [2.05, 4.69) is 5.32 Å². The molecule has 0 aliphatic rings. The highest BCUT2D eigenvalue weighted by Gasteiger charge is 2.17. The summed E-state index contributed by atoms with van der Waals surface area (Å²) < 4.78 is 17.3. The van der Waals surface area contributed by atoms with Gasteiger partial charge < -0.3 is 19.2 Å². The molecule has 1 amide bonds. The van der Waals surface area contributed by atoms with E-state index in [1.54, 1.807) is 55.5 Å². The van der Waals surface area contributed by atoms with Gasteiger partial charge in [0.2, 0.25) is 11.2 Å². The van der Waals surface area contributed by atoms with Gasteiger partial charge in [0.15, 0.2) is 6.10 Å². The third kappa shape index (κ3) is 4.78. The monoisotopic (exact) mass is 435 g/mol. The fourth-order valence-corrected chi connectivity index (χ4v) is 3.70. The summed E-state index contributed by atoms with van der Waals surface area (Å²) >= 11 is 1.58. The molecule has 0 aliphatic carbocycles. The Balaban J connectivity index is 1.50. The zero-order chi connectivity index (χ0) is 21.8. The number of fused-ring (bicyclic) bond motifs is 1. The van der Waals surface area contributed by atoms with Crippen molar-refractivity contribution in [2.24, 2.45) is 0 Å². The number of carbonyl (C=O) groups excluding carboxylic acids is 1. The average molecular weight is 436 g/mol. The summed E-state index contributed by atoms with van der Waals surface area (Å²) in [5.74, 6) is 1.27. The predicted molar refractivity (Wildman–Crippen MR) is 120 cm³/mol. The average Bonchev–Trinajstić information content (AvgIpc) is 3.29. The van der Waals surface area contributed by atoms with Crippen LogP contribution in [0.4, 0.5) is 0 Å². The van der Waals surface area contributed by atoms with E-state index in [-0.39, 0.29) is 17.1 Å². The molecule has 0 spiro atoms. The minimum atomic E-state index is -0.703. The number of thiophene rings is 1. The first kappa shape index (κ1) is 20.7. The molecule has 2 heterocycles. The van der Waals surface area contributed by atoms with Crippen molar-refractivity contribution < 1.29 is 18.7 Å². The van der Waals surface area contributed by atoms with Crippen molar-refractivity contribution in [3.63, 3.8) is 0 Å². The van der Waals surface area contributed by atoms with Gasteiger partial charge in [0.1, 0.15) is 22.8 Å². The quantitative estimate of drug-likeness (QED) is 0.440. The maximum atomic E-state index is 12.9. The van der Waals surface area contributed by atoms with Crippen LogP contribution in [0.1, 0.15) is 17.6 Å². The molecule has 2 aromatic carbocycles. The highest BCUT2D eigenvalue weighted by molar-refractivity contribution is 7.09. The van der Waals surface area contributed by atoms with Crippen molar-refractivity contribution >= 4 is 28.2 Å². The molecule has 2 aromatic heterocycles. The molecule has 0 bridgehead atoms. The molecule has 0 saturated heterocycles. The molecule has 0 saturated carbocycles. The Hall–Kier alpha value is -3.58. The minimum absolute atomic E-state index is 0.147. The number of ether oxygens (including phenoxy) is 2. The van der Waals surface area contributed by atoms with Crippen molar-refractivity contribution in [3.8, 4) is 17.2 Å². The van der Waals surface area contributed by atoms with Crippen LogP contribution in [0.2, 0.25) is 0 Å². The number of hydrogen-bond acceptors (Lipinski definition) is 6. The maximum absolute atomic E-state index is 12.9. The van der Waals surface area contributed by atoms with Gasteiger partial charge in [-0.15, -0.1) is 11.3 Å². The molecule has 6 nitrogen and oxygen atoms in total. The summed E-state index contributed by atoms with van der Waals surface area (Å²) in [5.41, 5.74) is 0.0995. The van der Waals surface area contributed by atoms with Gasteiger partial charge in [-0.05, 0) is 49.6 Å². The predicted octanol–water partition coefficient (Wildman–Crippen LogP) is 5.04. The number of carbonyl (C=O) groups is 1. The lowest BCUT2D eigenvalue weighted by atomic mass is 10.2. The van der Waals surface area contributed by atoms with E-state index in [0.29, 0.717) is 34.8 Å². The van der Waals surface area contributed by atoms with E-state index in [0.717, 1.165) is 4.88 Å². The lowest BCUT2D eigenvalue weighted by Crippen LogP contribution is -2.35. The summed E-state index contributed by atoms with van der Waals surface area (Å²) in [6.07, 6.45) is -0.703. The first-order valence-electron chi connectivity index (χ1n) is 9.78. The Morgan fingerprint density at radius 3 is 2.65 bits per heavy atom. The van der Waals surface area contributed by atoms with Gasteiger partial charge in [0.05, 0.1) is 11.9 Å². The van der Waals surface area contributed by atoms with E-state index in [1.165, 1.54) is 0 Å². The Kier molecular flexibility index (Phi) is 6.04. The standard InChI is InChI=1S/C24H21NO5S/c1-15-23(30-17-7-4-3-5-8-17)22(26)20-11-10-18(13-21(20)29-15)28-16(2)24(27)25-14-19-9-6-12-31-19/h3-13,16H,14H2,1-2H3,(H,25,27)/t16-/m1/s1. The number of hydrogen-bond donors (Lipinski definition) is 1.